The van der Waals surface area contributed by atoms with Gasteiger partial charge in [-0.1, -0.05) is 30.3 Å². The average molecular weight is 364 g/mol. The quantitative estimate of drug-likeness (QED) is 0.896. The van der Waals surface area contributed by atoms with E-state index in [-0.39, 0.29) is 11.9 Å². The van der Waals surface area contributed by atoms with Crippen LogP contribution in [-0.2, 0) is 11.2 Å². The van der Waals surface area contributed by atoms with Crippen LogP contribution in [0, 0.1) is 6.92 Å². The van der Waals surface area contributed by atoms with Gasteiger partial charge in [-0.05, 0) is 62.4 Å². The van der Waals surface area contributed by atoms with E-state index in [0.717, 1.165) is 38.9 Å². The van der Waals surface area contributed by atoms with Crippen molar-refractivity contribution in [3.05, 3.63) is 59.7 Å². The number of rotatable bonds is 4. The summed E-state index contributed by atoms with van der Waals surface area (Å²) in [4.78, 5) is 17.4. The van der Waals surface area contributed by atoms with Crippen LogP contribution in [0.2, 0.25) is 0 Å². The summed E-state index contributed by atoms with van der Waals surface area (Å²) in [6.07, 6.45) is 3.04. The van der Waals surface area contributed by atoms with Crippen LogP contribution in [-0.4, -0.2) is 42.5 Å². The Bertz CT molecular complexity index is 811. The third kappa shape index (κ3) is 3.80. The Morgan fingerprint density at radius 2 is 1.85 bits per heavy atom. The molecule has 27 heavy (non-hydrogen) atoms. The molecule has 142 valence electrons. The molecule has 2 aromatic rings. The van der Waals surface area contributed by atoms with Crippen molar-refractivity contribution in [3.8, 4) is 0 Å². The Balaban J connectivity index is 1.33. The lowest BCUT2D eigenvalue weighted by molar-refractivity contribution is -0.133. The van der Waals surface area contributed by atoms with Gasteiger partial charge in [-0.2, -0.15) is 0 Å². The fourth-order valence-electron chi connectivity index (χ4n) is 4.38. The molecule has 1 fully saturated rings. The van der Waals surface area contributed by atoms with Crippen molar-refractivity contribution >= 4 is 17.3 Å². The number of para-hydroxylation sites is 1. The van der Waals surface area contributed by atoms with Gasteiger partial charge in [0.2, 0.25) is 5.91 Å². The predicted octanol–water partition coefficient (Wildman–Crippen LogP) is 3.85. The van der Waals surface area contributed by atoms with Gasteiger partial charge >= 0.3 is 0 Å². The molecule has 1 saturated heterocycles. The Morgan fingerprint density at radius 3 is 2.63 bits per heavy atom. The number of anilines is 2. The van der Waals surface area contributed by atoms with Gasteiger partial charge in [0.15, 0.2) is 0 Å². The summed E-state index contributed by atoms with van der Waals surface area (Å²) in [5.74, 6) is 0.265. The molecular formula is C23H29N3O. The fourth-order valence-corrected chi connectivity index (χ4v) is 4.38. The number of hydrogen-bond donors (Lipinski definition) is 1. The maximum atomic E-state index is 13.1. The maximum Gasteiger partial charge on any atom is 0.244 e. The summed E-state index contributed by atoms with van der Waals surface area (Å²) in [6, 6.07) is 17.3. The highest BCUT2D eigenvalue weighted by atomic mass is 16.2. The molecule has 1 atom stereocenters. The van der Waals surface area contributed by atoms with E-state index in [1.165, 1.54) is 22.5 Å². The van der Waals surface area contributed by atoms with Gasteiger partial charge in [-0.25, -0.2) is 0 Å². The second kappa shape index (κ2) is 7.63. The Hall–Kier alpha value is -2.49. The van der Waals surface area contributed by atoms with Crippen molar-refractivity contribution in [3.63, 3.8) is 0 Å². The molecule has 0 aromatic heterocycles. The number of benzene rings is 2. The number of carbonyl (C=O) groups excluding carboxylic acids is 1. The Labute approximate surface area is 162 Å². The molecular weight excluding hydrogens is 334 g/mol. The van der Waals surface area contributed by atoms with Gasteiger partial charge in [0.25, 0.3) is 0 Å². The van der Waals surface area contributed by atoms with Crippen LogP contribution < -0.4 is 10.2 Å². The minimum Gasteiger partial charge on any atom is -0.382 e. The summed E-state index contributed by atoms with van der Waals surface area (Å²) in [5, 5.41) is 3.63. The predicted molar refractivity (Wildman–Crippen MR) is 111 cm³/mol. The normalized spacial score (nSPS) is 18.3. The number of aryl methyl sites for hydroxylation is 1. The number of amides is 1. The molecule has 0 spiro atoms. The SMILES string of the molecule is Cc1cccc(NC2CCN(C(=O)C(C)N3CCc4ccccc43)CC2)c1. The van der Waals surface area contributed by atoms with E-state index in [2.05, 4.69) is 77.5 Å². The zero-order valence-corrected chi connectivity index (χ0v) is 16.3. The summed E-state index contributed by atoms with van der Waals surface area (Å²) >= 11 is 0. The lowest BCUT2D eigenvalue weighted by Gasteiger charge is -2.36. The van der Waals surface area contributed by atoms with Crippen LogP contribution in [0.4, 0.5) is 11.4 Å². The number of piperidine rings is 1. The van der Waals surface area contributed by atoms with Crippen LogP contribution in [0.5, 0.6) is 0 Å². The van der Waals surface area contributed by atoms with Gasteiger partial charge in [0.05, 0.1) is 0 Å². The van der Waals surface area contributed by atoms with Crippen molar-refractivity contribution in [2.75, 3.05) is 29.9 Å². The van der Waals surface area contributed by atoms with Crippen molar-refractivity contribution in [2.24, 2.45) is 0 Å². The molecule has 4 heteroatoms. The highest BCUT2D eigenvalue weighted by molar-refractivity contribution is 5.86. The lowest BCUT2D eigenvalue weighted by Crippen LogP contribution is -2.50. The van der Waals surface area contributed by atoms with E-state index in [0.29, 0.717) is 6.04 Å². The van der Waals surface area contributed by atoms with E-state index < -0.39 is 0 Å². The van der Waals surface area contributed by atoms with E-state index in [9.17, 15) is 4.79 Å². The number of fused-ring (bicyclic) bond motifs is 1. The molecule has 0 bridgehead atoms. The number of hydrogen-bond acceptors (Lipinski definition) is 3. The Morgan fingerprint density at radius 1 is 1.07 bits per heavy atom. The number of carbonyl (C=O) groups is 1. The summed E-state index contributed by atoms with van der Waals surface area (Å²) < 4.78 is 0. The first-order chi connectivity index (χ1) is 13.1. The zero-order valence-electron chi connectivity index (χ0n) is 16.3. The molecule has 2 aliphatic heterocycles. The first-order valence-corrected chi connectivity index (χ1v) is 10.1. The second-order valence-corrected chi connectivity index (χ2v) is 7.86. The van der Waals surface area contributed by atoms with E-state index in [4.69, 9.17) is 0 Å². The Kier molecular flexibility index (Phi) is 5.06. The third-order valence-corrected chi connectivity index (χ3v) is 5.94. The van der Waals surface area contributed by atoms with Crippen molar-refractivity contribution < 1.29 is 4.79 Å². The summed E-state index contributed by atoms with van der Waals surface area (Å²) in [5.41, 5.74) is 5.04. The van der Waals surface area contributed by atoms with Crippen molar-refractivity contribution in [2.45, 2.75) is 45.2 Å². The molecule has 1 amide bonds. The van der Waals surface area contributed by atoms with Crippen LogP contribution in [0.25, 0.3) is 0 Å². The van der Waals surface area contributed by atoms with Crippen LogP contribution in [0.1, 0.15) is 30.9 Å². The topological polar surface area (TPSA) is 35.6 Å². The first kappa shape index (κ1) is 17.9. The van der Waals surface area contributed by atoms with E-state index >= 15 is 0 Å². The summed E-state index contributed by atoms with van der Waals surface area (Å²) in [7, 11) is 0. The second-order valence-electron chi connectivity index (χ2n) is 7.86. The number of nitrogens with one attached hydrogen (secondary N) is 1. The van der Waals surface area contributed by atoms with Gasteiger partial charge < -0.3 is 15.1 Å². The molecule has 0 aliphatic carbocycles. The molecule has 2 aromatic carbocycles. The van der Waals surface area contributed by atoms with Crippen LogP contribution >= 0.6 is 0 Å². The highest BCUT2D eigenvalue weighted by Gasteiger charge is 2.32. The molecule has 2 aliphatic rings. The molecule has 0 saturated carbocycles. The van der Waals surface area contributed by atoms with Gasteiger partial charge in [0, 0.05) is 37.1 Å². The fraction of sp³-hybridized carbons (Fsp3) is 0.435. The van der Waals surface area contributed by atoms with Crippen LogP contribution in [0.15, 0.2) is 48.5 Å². The standard InChI is InChI=1S/C23H29N3O/c1-17-6-5-8-21(16-17)24-20-11-13-25(14-12-20)23(27)18(2)26-15-10-19-7-3-4-9-22(19)26/h3-9,16,18,20,24H,10-15H2,1-2H3. The number of likely N-dealkylation sites (tertiary alicyclic amines) is 1. The zero-order chi connectivity index (χ0) is 18.8. The minimum absolute atomic E-state index is 0.0880. The van der Waals surface area contributed by atoms with Crippen molar-refractivity contribution in [1.82, 2.24) is 4.90 Å². The molecule has 0 radical (unpaired) electrons. The highest BCUT2D eigenvalue weighted by Crippen LogP contribution is 2.30. The first-order valence-electron chi connectivity index (χ1n) is 10.1. The maximum absolute atomic E-state index is 13.1. The molecule has 1 unspecified atom stereocenters. The molecule has 2 heterocycles. The molecule has 4 rings (SSSR count). The van der Waals surface area contributed by atoms with E-state index in [1.807, 2.05) is 0 Å². The molecule has 1 N–H and O–H groups in total. The van der Waals surface area contributed by atoms with E-state index in [1.54, 1.807) is 0 Å². The van der Waals surface area contributed by atoms with Gasteiger partial charge in [-0.3, -0.25) is 4.79 Å². The summed E-state index contributed by atoms with van der Waals surface area (Å²) in [6.45, 7) is 6.79. The monoisotopic (exact) mass is 363 g/mol. The largest absolute Gasteiger partial charge is 0.382 e. The third-order valence-electron chi connectivity index (χ3n) is 5.94. The number of nitrogens with zero attached hydrogens (tertiary/aromatic N) is 2. The smallest absolute Gasteiger partial charge is 0.244 e. The van der Waals surface area contributed by atoms with Crippen LogP contribution in [0.3, 0.4) is 0 Å². The lowest BCUT2D eigenvalue weighted by atomic mass is 10.0. The minimum atomic E-state index is -0.0880. The molecule has 4 nitrogen and oxygen atoms in total. The van der Waals surface area contributed by atoms with Gasteiger partial charge in [0.1, 0.15) is 6.04 Å². The average Bonchev–Trinajstić information content (AvgIpc) is 3.12. The van der Waals surface area contributed by atoms with Gasteiger partial charge in [-0.15, -0.1) is 0 Å². The van der Waals surface area contributed by atoms with Crippen molar-refractivity contribution in [1.29, 1.82) is 0 Å².